The topological polar surface area (TPSA) is 78.4 Å². The number of benzene rings is 1. The van der Waals surface area contributed by atoms with E-state index < -0.39 is 17.8 Å². The highest BCUT2D eigenvalue weighted by Crippen LogP contribution is 2.17. The largest absolute Gasteiger partial charge is 0.478 e. The van der Waals surface area contributed by atoms with E-state index in [9.17, 15) is 14.0 Å². The van der Waals surface area contributed by atoms with Gasteiger partial charge in [-0.05, 0) is 24.5 Å². The molecule has 3 N–H and O–H groups in total. The van der Waals surface area contributed by atoms with Crippen LogP contribution < -0.4 is 10.6 Å². The first-order valence-electron chi connectivity index (χ1n) is 5.54. The molecular formula is C12H15FN2O3S. The lowest BCUT2D eigenvalue weighted by Crippen LogP contribution is -2.33. The van der Waals surface area contributed by atoms with Gasteiger partial charge < -0.3 is 15.7 Å². The number of anilines is 1. The van der Waals surface area contributed by atoms with Gasteiger partial charge in [0.2, 0.25) is 0 Å². The van der Waals surface area contributed by atoms with Gasteiger partial charge in [-0.3, -0.25) is 0 Å². The van der Waals surface area contributed by atoms with Crippen molar-refractivity contribution in [1.29, 1.82) is 0 Å². The van der Waals surface area contributed by atoms with E-state index in [2.05, 4.69) is 10.6 Å². The van der Waals surface area contributed by atoms with Gasteiger partial charge in [0, 0.05) is 11.8 Å². The van der Waals surface area contributed by atoms with Crippen molar-refractivity contribution < 1.29 is 19.1 Å². The van der Waals surface area contributed by atoms with Crippen LogP contribution >= 0.6 is 11.8 Å². The maximum absolute atomic E-state index is 13.1. The standard InChI is InChI=1S/C12H15FN2O3S/c1-7(19-2)6-14-12(18)15-10-5-8(13)3-4-9(10)11(16)17/h3-5,7H,6H2,1-2H3,(H,16,17)(H2,14,15,18). The molecule has 1 aromatic carbocycles. The molecule has 1 atom stereocenters. The summed E-state index contributed by atoms with van der Waals surface area (Å²) in [5.74, 6) is -1.84. The van der Waals surface area contributed by atoms with Crippen LogP contribution in [0.1, 0.15) is 17.3 Å². The van der Waals surface area contributed by atoms with Crippen molar-refractivity contribution in [3.8, 4) is 0 Å². The molecule has 0 saturated heterocycles. The lowest BCUT2D eigenvalue weighted by Gasteiger charge is -2.12. The molecule has 0 aliphatic heterocycles. The first-order valence-corrected chi connectivity index (χ1v) is 6.83. The highest BCUT2D eigenvalue weighted by molar-refractivity contribution is 7.99. The fraction of sp³-hybridized carbons (Fsp3) is 0.333. The fourth-order valence-electron chi connectivity index (χ4n) is 1.29. The van der Waals surface area contributed by atoms with Crippen molar-refractivity contribution in [3.05, 3.63) is 29.6 Å². The third-order valence-electron chi connectivity index (χ3n) is 2.41. The number of hydrogen-bond acceptors (Lipinski definition) is 3. The summed E-state index contributed by atoms with van der Waals surface area (Å²) in [7, 11) is 0. The van der Waals surface area contributed by atoms with Crippen LogP contribution in [0.3, 0.4) is 0 Å². The van der Waals surface area contributed by atoms with Crippen LogP contribution in [0.2, 0.25) is 0 Å². The number of nitrogens with one attached hydrogen (secondary N) is 2. The van der Waals surface area contributed by atoms with E-state index in [0.29, 0.717) is 6.54 Å². The third kappa shape index (κ3) is 4.78. The summed E-state index contributed by atoms with van der Waals surface area (Å²) in [6.45, 7) is 2.38. The zero-order chi connectivity index (χ0) is 14.4. The van der Waals surface area contributed by atoms with E-state index in [1.165, 1.54) is 0 Å². The lowest BCUT2D eigenvalue weighted by molar-refractivity contribution is 0.0698. The highest BCUT2D eigenvalue weighted by atomic mass is 32.2. The Morgan fingerprint density at radius 3 is 2.74 bits per heavy atom. The molecule has 104 valence electrons. The van der Waals surface area contributed by atoms with Gasteiger partial charge in [-0.25, -0.2) is 14.0 Å². The quantitative estimate of drug-likeness (QED) is 0.776. The summed E-state index contributed by atoms with van der Waals surface area (Å²) in [5, 5.41) is 14.1. The zero-order valence-corrected chi connectivity index (χ0v) is 11.4. The second-order valence-electron chi connectivity index (χ2n) is 3.88. The molecule has 1 aromatic rings. The summed E-state index contributed by atoms with van der Waals surface area (Å²) in [6.07, 6.45) is 1.92. The van der Waals surface area contributed by atoms with Crippen LogP contribution in [-0.4, -0.2) is 35.2 Å². The van der Waals surface area contributed by atoms with Crippen molar-refractivity contribution in [1.82, 2.24) is 5.32 Å². The van der Waals surface area contributed by atoms with Crippen molar-refractivity contribution >= 4 is 29.4 Å². The summed E-state index contributed by atoms with van der Waals surface area (Å²) in [4.78, 5) is 22.5. The van der Waals surface area contributed by atoms with Crippen molar-refractivity contribution in [2.45, 2.75) is 12.2 Å². The molecular weight excluding hydrogens is 271 g/mol. The van der Waals surface area contributed by atoms with Crippen LogP contribution in [0.25, 0.3) is 0 Å². The van der Waals surface area contributed by atoms with Crippen LogP contribution in [0.15, 0.2) is 18.2 Å². The fourth-order valence-corrected chi connectivity index (χ4v) is 1.54. The van der Waals surface area contributed by atoms with Crippen molar-refractivity contribution in [3.63, 3.8) is 0 Å². The van der Waals surface area contributed by atoms with E-state index >= 15 is 0 Å². The molecule has 0 spiro atoms. The van der Waals surface area contributed by atoms with Gasteiger partial charge in [-0.1, -0.05) is 6.92 Å². The smallest absolute Gasteiger partial charge is 0.337 e. The third-order valence-corrected chi connectivity index (χ3v) is 3.38. The Labute approximate surface area is 114 Å². The molecule has 0 aromatic heterocycles. The number of hydrogen-bond donors (Lipinski definition) is 3. The Hall–Kier alpha value is -1.76. The predicted octanol–water partition coefficient (Wildman–Crippen LogP) is 2.40. The molecule has 0 aliphatic carbocycles. The van der Waals surface area contributed by atoms with Crippen molar-refractivity contribution in [2.75, 3.05) is 18.1 Å². The zero-order valence-electron chi connectivity index (χ0n) is 10.6. The molecule has 0 heterocycles. The average molecular weight is 286 g/mol. The van der Waals surface area contributed by atoms with Gasteiger partial charge in [0.25, 0.3) is 0 Å². The van der Waals surface area contributed by atoms with Crippen LogP contribution in [0, 0.1) is 5.82 Å². The second-order valence-corrected chi connectivity index (χ2v) is 5.15. The Balaban J connectivity index is 2.73. The monoisotopic (exact) mass is 286 g/mol. The molecule has 1 rings (SSSR count). The molecule has 0 radical (unpaired) electrons. The van der Waals surface area contributed by atoms with Gasteiger partial charge in [-0.2, -0.15) is 11.8 Å². The number of carbonyl (C=O) groups is 2. The highest BCUT2D eigenvalue weighted by Gasteiger charge is 2.13. The summed E-state index contributed by atoms with van der Waals surface area (Å²) < 4.78 is 13.1. The Bertz CT molecular complexity index is 482. The van der Waals surface area contributed by atoms with E-state index in [4.69, 9.17) is 5.11 Å². The number of carboxylic acids is 1. The number of halogens is 1. The van der Waals surface area contributed by atoms with Crippen LogP contribution in [-0.2, 0) is 0 Å². The number of carboxylic acid groups (broad SMARTS) is 1. The van der Waals surface area contributed by atoms with Crippen LogP contribution in [0.4, 0.5) is 14.9 Å². The van der Waals surface area contributed by atoms with Gasteiger partial charge >= 0.3 is 12.0 Å². The summed E-state index contributed by atoms with van der Waals surface area (Å²) in [6, 6.07) is 2.55. The Morgan fingerprint density at radius 2 is 2.16 bits per heavy atom. The number of aromatic carboxylic acids is 1. The normalized spacial score (nSPS) is 11.7. The molecule has 2 amide bonds. The van der Waals surface area contributed by atoms with Gasteiger partial charge in [0.05, 0.1) is 11.3 Å². The first kappa shape index (κ1) is 15.3. The first-order chi connectivity index (χ1) is 8.93. The minimum atomic E-state index is -1.23. The van der Waals surface area contributed by atoms with E-state index in [-0.39, 0.29) is 16.5 Å². The van der Waals surface area contributed by atoms with E-state index in [1.54, 1.807) is 11.8 Å². The SMILES string of the molecule is CSC(C)CNC(=O)Nc1cc(F)ccc1C(=O)O. The minimum Gasteiger partial charge on any atom is -0.478 e. The molecule has 19 heavy (non-hydrogen) atoms. The molecule has 0 saturated carbocycles. The van der Waals surface area contributed by atoms with Gasteiger partial charge in [0.15, 0.2) is 0 Å². The van der Waals surface area contributed by atoms with E-state index in [0.717, 1.165) is 18.2 Å². The number of thioether (sulfide) groups is 1. The molecule has 7 heteroatoms. The molecule has 0 bridgehead atoms. The number of urea groups is 1. The van der Waals surface area contributed by atoms with E-state index in [1.807, 2.05) is 13.2 Å². The predicted molar refractivity (Wildman–Crippen MR) is 73.4 cm³/mol. The lowest BCUT2D eigenvalue weighted by atomic mass is 10.2. The van der Waals surface area contributed by atoms with Crippen molar-refractivity contribution in [2.24, 2.45) is 0 Å². The number of rotatable bonds is 5. The summed E-state index contributed by atoms with van der Waals surface area (Å²) in [5.41, 5.74) is -0.226. The Kier molecular flexibility index (Phi) is 5.62. The van der Waals surface area contributed by atoms with Crippen LogP contribution in [0.5, 0.6) is 0 Å². The molecule has 0 fully saturated rings. The molecule has 5 nitrogen and oxygen atoms in total. The Morgan fingerprint density at radius 1 is 1.47 bits per heavy atom. The average Bonchev–Trinajstić information content (AvgIpc) is 2.35. The maximum atomic E-state index is 13.1. The number of carbonyl (C=O) groups excluding carboxylic acids is 1. The van der Waals surface area contributed by atoms with Gasteiger partial charge in [-0.15, -0.1) is 0 Å². The summed E-state index contributed by atoms with van der Waals surface area (Å²) >= 11 is 1.59. The van der Waals surface area contributed by atoms with Gasteiger partial charge in [0.1, 0.15) is 5.82 Å². The maximum Gasteiger partial charge on any atom is 0.337 e. The minimum absolute atomic E-state index is 0.0678. The second kappa shape index (κ2) is 6.98. The molecule has 0 aliphatic rings. The number of amides is 2. The molecule has 1 unspecified atom stereocenters.